The zero-order valence-corrected chi connectivity index (χ0v) is 20.5. The van der Waals surface area contributed by atoms with E-state index in [-0.39, 0.29) is 29.6 Å². The van der Waals surface area contributed by atoms with Crippen LogP contribution in [0.1, 0.15) is 122 Å². The van der Waals surface area contributed by atoms with Crippen LogP contribution >= 0.6 is 0 Å². The maximum absolute atomic E-state index is 12.7. The molecule has 1 aromatic rings. The summed E-state index contributed by atoms with van der Waals surface area (Å²) < 4.78 is 30.7. The van der Waals surface area contributed by atoms with Crippen LogP contribution in [0.2, 0.25) is 0 Å². The normalized spacial score (nSPS) is 11.4. The van der Waals surface area contributed by atoms with Gasteiger partial charge in [0.15, 0.2) is 0 Å². The van der Waals surface area contributed by atoms with Crippen LogP contribution in [0.25, 0.3) is 0 Å². The molecule has 0 spiro atoms. The number of aryl methyl sites for hydroxylation is 1. The van der Waals surface area contributed by atoms with Crippen LogP contribution in [0.3, 0.4) is 0 Å². The summed E-state index contributed by atoms with van der Waals surface area (Å²) in [7, 11) is -3.65. The second-order valence-electron chi connectivity index (χ2n) is 8.58. The summed E-state index contributed by atoms with van der Waals surface area (Å²) >= 11 is 0. The average molecular weight is 463 g/mol. The first-order valence-corrected chi connectivity index (χ1v) is 14.0. The van der Waals surface area contributed by atoms with Crippen molar-refractivity contribution in [2.45, 2.75) is 128 Å². The summed E-state index contributed by atoms with van der Waals surface area (Å²) in [5.41, 5.74) is 0.902. The molecule has 0 amide bonds. The van der Waals surface area contributed by atoms with Gasteiger partial charge in [-0.05, 0) is 30.9 Å². The zero-order chi connectivity index (χ0) is 21.9. The van der Waals surface area contributed by atoms with E-state index in [9.17, 15) is 8.42 Å². The molecule has 0 unspecified atom stereocenters. The molecule has 31 heavy (non-hydrogen) atoms. The van der Waals surface area contributed by atoms with Crippen molar-refractivity contribution in [3.8, 4) is 0 Å². The number of hydrogen-bond acceptors (Lipinski definition) is 3. The van der Waals surface area contributed by atoms with E-state index in [0.29, 0.717) is 11.5 Å². The fourth-order valence-electron chi connectivity index (χ4n) is 3.87. The minimum absolute atomic E-state index is 0. The van der Waals surface area contributed by atoms with Gasteiger partial charge in [0.25, 0.3) is 10.1 Å². The van der Waals surface area contributed by atoms with Gasteiger partial charge in [0.05, 0.1) is 11.5 Å². The second-order valence-corrected chi connectivity index (χ2v) is 10.2. The van der Waals surface area contributed by atoms with Gasteiger partial charge in [-0.2, -0.15) is 8.42 Å². The van der Waals surface area contributed by atoms with Crippen LogP contribution in [0.15, 0.2) is 29.2 Å². The van der Waals surface area contributed by atoms with E-state index in [1.807, 2.05) is 12.1 Å². The second kappa shape index (κ2) is 20.7. The van der Waals surface area contributed by atoms with E-state index in [0.717, 1.165) is 31.2 Å². The first-order valence-electron chi connectivity index (χ1n) is 12.6. The van der Waals surface area contributed by atoms with Gasteiger partial charge in [0.2, 0.25) is 0 Å². The third-order valence-corrected chi connectivity index (χ3v) is 7.19. The van der Waals surface area contributed by atoms with Crippen LogP contribution < -0.4 is 0 Å². The van der Waals surface area contributed by atoms with Gasteiger partial charge in [-0.25, -0.2) is 0 Å². The van der Waals surface area contributed by atoms with E-state index in [4.69, 9.17) is 4.18 Å². The van der Waals surface area contributed by atoms with Crippen molar-refractivity contribution in [1.82, 2.24) is 0 Å². The Balaban J connectivity index is 0.00000900. The monoisotopic (exact) mass is 462 g/mol. The van der Waals surface area contributed by atoms with Crippen LogP contribution in [0.4, 0.5) is 0 Å². The third kappa shape index (κ3) is 15.6. The average Bonchev–Trinajstić information content (AvgIpc) is 2.74. The molecule has 0 saturated carbocycles. The molecule has 0 aliphatic heterocycles. The number of benzene rings is 1. The Kier molecular flexibility index (Phi) is 20.8. The Morgan fingerprint density at radius 2 is 1.10 bits per heavy atom. The summed E-state index contributed by atoms with van der Waals surface area (Å²) in [6, 6.07) is 7.36. The van der Waals surface area contributed by atoms with E-state index < -0.39 is 10.1 Å². The van der Waals surface area contributed by atoms with Crippen molar-refractivity contribution in [1.29, 1.82) is 0 Å². The van der Waals surface area contributed by atoms with Crippen LogP contribution in [-0.4, -0.2) is 44.6 Å². The third-order valence-electron chi connectivity index (χ3n) is 5.78. The van der Waals surface area contributed by atoms with Gasteiger partial charge in [-0.1, -0.05) is 122 Å². The van der Waals surface area contributed by atoms with Crippen molar-refractivity contribution in [3.63, 3.8) is 0 Å². The predicted molar refractivity (Wildman–Crippen MR) is 136 cm³/mol. The minimum atomic E-state index is -3.65. The van der Waals surface area contributed by atoms with Crippen LogP contribution in [0.5, 0.6) is 0 Å². The number of unbranched alkanes of at least 4 members (excludes halogenated alkanes) is 14. The number of hydrogen-bond donors (Lipinski definition) is 0. The quantitative estimate of drug-likeness (QED) is 0.114. The first-order chi connectivity index (χ1) is 14.6. The topological polar surface area (TPSA) is 43.4 Å². The molecule has 0 atom stereocenters. The Labute approximate surface area is 215 Å². The van der Waals surface area contributed by atoms with Gasteiger partial charge >= 0.3 is 29.6 Å². The van der Waals surface area contributed by atoms with E-state index in [1.54, 1.807) is 12.1 Å². The fourth-order valence-corrected chi connectivity index (χ4v) is 5.07. The van der Waals surface area contributed by atoms with Gasteiger partial charge in [-0.15, -0.1) is 0 Å². The Morgan fingerprint density at radius 3 is 1.65 bits per heavy atom. The molecular weight excluding hydrogens is 415 g/mol. The zero-order valence-electron chi connectivity index (χ0n) is 19.7. The van der Waals surface area contributed by atoms with E-state index in [2.05, 4.69) is 13.8 Å². The van der Waals surface area contributed by atoms with Crippen LogP contribution in [-0.2, 0) is 20.7 Å². The molecule has 0 saturated heterocycles. The molecule has 176 valence electrons. The molecule has 0 bridgehead atoms. The SMILES string of the molecule is CCCCCCCCCCOS(=O)(=O)c1ccccc1CCCCCCCCCC.[NaH]. The summed E-state index contributed by atoms with van der Waals surface area (Å²) in [5.74, 6) is 0. The van der Waals surface area contributed by atoms with Crippen molar-refractivity contribution in [3.05, 3.63) is 29.8 Å². The van der Waals surface area contributed by atoms with Gasteiger partial charge in [-0.3, -0.25) is 4.18 Å². The molecule has 1 rings (SSSR count). The molecule has 3 nitrogen and oxygen atoms in total. The predicted octanol–water partition coefficient (Wildman–Crippen LogP) is 7.57. The summed E-state index contributed by atoms with van der Waals surface area (Å²) in [6.07, 6.45) is 20.3. The first kappa shape index (κ1) is 31.1. The van der Waals surface area contributed by atoms with E-state index in [1.165, 1.54) is 83.5 Å². The van der Waals surface area contributed by atoms with Crippen molar-refractivity contribution >= 4 is 39.7 Å². The molecule has 0 heterocycles. The molecule has 0 aliphatic carbocycles. The maximum atomic E-state index is 12.7. The Hall–Kier alpha value is 0.130. The molecular formula is C26H47NaO3S. The van der Waals surface area contributed by atoms with Gasteiger partial charge in [0, 0.05) is 0 Å². The Morgan fingerprint density at radius 1 is 0.645 bits per heavy atom. The van der Waals surface area contributed by atoms with Crippen molar-refractivity contribution in [2.75, 3.05) is 6.61 Å². The van der Waals surface area contributed by atoms with Crippen molar-refractivity contribution in [2.24, 2.45) is 0 Å². The molecule has 5 heteroatoms. The fraction of sp³-hybridized carbons (Fsp3) is 0.769. The molecule has 0 aliphatic rings. The standard InChI is InChI=1S/C26H46O3S.Na.H/c1-3-5-7-9-11-13-15-17-21-25-22-18-19-23-26(25)30(27,28)29-24-20-16-14-12-10-8-6-4-2;;/h18-19,22-23H,3-17,20-21,24H2,1-2H3;;. The summed E-state index contributed by atoms with van der Waals surface area (Å²) in [4.78, 5) is 0.368. The molecule has 0 fully saturated rings. The van der Waals surface area contributed by atoms with Crippen LogP contribution in [0, 0.1) is 0 Å². The summed E-state index contributed by atoms with van der Waals surface area (Å²) in [6.45, 7) is 4.76. The number of rotatable bonds is 20. The molecule has 0 aromatic heterocycles. The molecule has 1 aromatic carbocycles. The summed E-state index contributed by atoms with van der Waals surface area (Å²) in [5, 5.41) is 0. The molecule has 0 radical (unpaired) electrons. The molecule has 0 N–H and O–H groups in total. The van der Waals surface area contributed by atoms with E-state index >= 15 is 0 Å². The van der Waals surface area contributed by atoms with Crippen molar-refractivity contribution < 1.29 is 12.6 Å². The van der Waals surface area contributed by atoms with Gasteiger partial charge < -0.3 is 0 Å². The van der Waals surface area contributed by atoms with Gasteiger partial charge in [0.1, 0.15) is 0 Å². The Bertz CT molecular complexity index is 631.